The van der Waals surface area contributed by atoms with Crippen molar-refractivity contribution in [2.24, 2.45) is 5.41 Å². The summed E-state index contributed by atoms with van der Waals surface area (Å²) in [6.07, 6.45) is 19.2. The number of allylic oxidation sites excluding steroid dienone is 1. The molecule has 0 radical (unpaired) electrons. The Bertz CT molecular complexity index is 290. The van der Waals surface area contributed by atoms with Crippen LogP contribution in [0.3, 0.4) is 0 Å². The highest BCUT2D eigenvalue weighted by atomic mass is 16.3. The predicted molar refractivity (Wildman–Crippen MR) is 93.6 cm³/mol. The summed E-state index contributed by atoms with van der Waals surface area (Å²) < 4.78 is 0. The van der Waals surface area contributed by atoms with Crippen LogP contribution in [0.5, 0.6) is 0 Å². The minimum absolute atomic E-state index is 0.202. The molecule has 0 saturated heterocycles. The molecule has 1 rings (SSSR count). The third kappa shape index (κ3) is 9.34. The van der Waals surface area contributed by atoms with E-state index in [-0.39, 0.29) is 6.10 Å². The van der Waals surface area contributed by atoms with Gasteiger partial charge in [0.05, 0.1) is 6.10 Å². The van der Waals surface area contributed by atoms with E-state index in [0.717, 1.165) is 6.42 Å². The number of rotatable bonds is 11. The first-order chi connectivity index (χ1) is 10.0. The van der Waals surface area contributed by atoms with Gasteiger partial charge in [-0.25, -0.2) is 0 Å². The summed E-state index contributed by atoms with van der Waals surface area (Å²) in [4.78, 5) is 0. The standard InChI is InChI=1S/C20H38O/c1-4-5-6-7-8-9-10-11-12-13-14-18-15-19(21)17-20(2,3)16-18/h15,19,21H,4-14,16-17H2,1-3H3. The Morgan fingerprint density at radius 3 is 2.00 bits per heavy atom. The second-order valence-corrected chi connectivity index (χ2v) is 7.87. The van der Waals surface area contributed by atoms with Crippen molar-refractivity contribution in [3.05, 3.63) is 11.6 Å². The smallest absolute Gasteiger partial charge is 0.0728 e. The van der Waals surface area contributed by atoms with Crippen molar-refractivity contribution in [3.63, 3.8) is 0 Å². The molecule has 124 valence electrons. The maximum absolute atomic E-state index is 9.90. The minimum Gasteiger partial charge on any atom is -0.389 e. The van der Waals surface area contributed by atoms with Crippen molar-refractivity contribution >= 4 is 0 Å². The molecule has 0 aliphatic heterocycles. The van der Waals surface area contributed by atoms with Gasteiger partial charge in [0, 0.05) is 0 Å². The summed E-state index contributed by atoms with van der Waals surface area (Å²) in [6, 6.07) is 0. The van der Waals surface area contributed by atoms with Gasteiger partial charge in [0.1, 0.15) is 0 Å². The van der Waals surface area contributed by atoms with Crippen LogP contribution in [-0.4, -0.2) is 11.2 Å². The van der Waals surface area contributed by atoms with Crippen molar-refractivity contribution in [3.8, 4) is 0 Å². The van der Waals surface area contributed by atoms with Crippen LogP contribution in [0.15, 0.2) is 11.6 Å². The highest BCUT2D eigenvalue weighted by Gasteiger charge is 2.27. The van der Waals surface area contributed by atoms with E-state index in [1.807, 2.05) is 0 Å². The van der Waals surface area contributed by atoms with E-state index in [1.54, 1.807) is 0 Å². The van der Waals surface area contributed by atoms with Gasteiger partial charge in [-0.15, -0.1) is 0 Å². The summed E-state index contributed by atoms with van der Waals surface area (Å²) in [5.74, 6) is 0. The summed E-state index contributed by atoms with van der Waals surface area (Å²) >= 11 is 0. The van der Waals surface area contributed by atoms with Crippen LogP contribution < -0.4 is 0 Å². The third-order valence-electron chi connectivity index (χ3n) is 4.75. The largest absolute Gasteiger partial charge is 0.389 e. The lowest BCUT2D eigenvalue weighted by atomic mass is 9.75. The van der Waals surface area contributed by atoms with E-state index in [1.165, 1.54) is 82.6 Å². The van der Waals surface area contributed by atoms with Crippen LogP contribution in [0.2, 0.25) is 0 Å². The molecule has 0 amide bonds. The Morgan fingerprint density at radius 2 is 1.48 bits per heavy atom. The van der Waals surface area contributed by atoms with Crippen LogP contribution in [-0.2, 0) is 0 Å². The van der Waals surface area contributed by atoms with Gasteiger partial charge in [0.2, 0.25) is 0 Å². The van der Waals surface area contributed by atoms with Crippen LogP contribution in [0.4, 0.5) is 0 Å². The first-order valence-corrected chi connectivity index (χ1v) is 9.41. The Balaban J connectivity index is 1.97. The Kier molecular flexibility index (Phi) is 9.31. The van der Waals surface area contributed by atoms with Gasteiger partial charge in [-0.05, 0) is 31.1 Å². The third-order valence-corrected chi connectivity index (χ3v) is 4.75. The molecule has 0 fully saturated rings. The minimum atomic E-state index is -0.202. The molecule has 0 spiro atoms. The molecule has 0 aromatic rings. The highest BCUT2D eigenvalue weighted by Crippen LogP contribution is 2.37. The van der Waals surface area contributed by atoms with E-state index in [9.17, 15) is 5.11 Å². The zero-order chi connectivity index (χ0) is 15.6. The maximum atomic E-state index is 9.90. The molecule has 1 heteroatoms. The molecule has 1 nitrogen and oxygen atoms in total. The van der Waals surface area contributed by atoms with E-state index in [4.69, 9.17) is 0 Å². The number of hydrogen-bond donors (Lipinski definition) is 1. The van der Waals surface area contributed by atoms with Crippen molar-refractivity contribution < 1.29 is 5.11 Å². The Labute approximate surface area is 133 Å². The van der Waals surface area contributed by atoms with Crippen molar-refractivity contribution in [2.45, 2.75) is 110 Å². The lowest BCUT2D eigenvalue weighted by molar-refractivity contribution is 0.137. The first-order valence-electron chi connectivity index (χ1n) is 9.41. The normalized spacial score (nSPS) is 21.3. The predicted octanol–water partition coefficient (Wildman–Crippen LogP) is 6.40. The van der Waals surface area contributed by atoms with Gasteiger partial charge in [-0.3, -0.25) is 0 Å². The van der Waals surface area contributed by atoms with E-state index in [0.29, 0.717) is 5.41 Å². The molecule has 1 aliphatic rings. The van der Waals surface area contributed by atoms with Crippen LogP contribution in [0.1, 0.15) is 104 Å². The summed E-state index contributed by atoms with van der Waals surface area (Å²) in [7, 11) is 0. The van der Waals surface area contributed by atoms with Crippen molar-refractivity contribution in [2.75, 3.05) is 0 Å². The summed E-state index contributed by atoms with van der Waals surface area (Å²) in [5.41, 5.74) is 1.79. The second kappa shape index (κ2) is 10.4. The summed E-state index contributed by atoms with van der Waals surface area (Å²) in [5, 5.41) is 9.90. The van der Waals surface area contributed by atoms with Crippen LogP contribution in [0, 0.1) is 5.41 Å². The Morgan fingerprint density at radius 1 is 0.952 bits per heavy atom. The van der Waals surface area contributed by atoms with Gasteiger partial charge in [0.15, 0.2) is 0 Å². The zero-order valence-corrected chi connectivity index (χ0v) is 14.8. The van der Waals surface area contributed by atoms with Gasteiger partial charge in [0.25, 0.3) is 0 Å². The molecule has 1 atom stereocenters. The maximum Gasteiger partial charge on any atom is 0.0728 e. The quantitative estimate of drug-likeness (QED) is 0.345. The van der Waals surface area contributed by atoms with Crippen LogP contribution in [0.25, 0.3) is 0 Å². The molecule has 1 N–H and O–H groups in total. The van der Waals surface area contributed by atoms with E-state index in [2.05, 4.69) is 26.8 Å². The topological polar surface area (TPSA) is 20.2 Å². The molecule has 0 heterocycles. The average molecular weight is 295 g/mol. The zero-order valence-electron chi connectivity index (χ0n) is 14.8. The number of aliphatic hydroxyl groups excluding tert-OH is 1. The van der Waals surface area contributed by atoms with Crippen LogP contribution >= 0.6 is 0 Å². The van der Waals surface area contributed by atoms with Gasteiger partial charge >= 0.3 is 0 Å². The fourth-order valence-electron chi connectivity index (χ4n) is 3.65. The van der Waals surface area contributed by atoms with Gasteiger partial charge in [-0.1, -0.05) is 90.2 Å². The lowest BCUT2D eigenvalue weighted by Gasteiger charge is -2.32. The van der Waals surface area contributed by atoms with E-state index >= 15 is 0 Å². The summed E-state index contributed by atoms with van der Waals surface area (Å²) in [6.45, 7) is 6.84. The number of hydrogen-bond acceptors (Lipinski definition) is 1. The molecular weight excluding hydrogens is 256 g/mol. The van der Waals surface area contributed by atoms with Gasteiger partial charge < -0.3 is 5.11 Å². The van der Waals surface area contributed by atoms with Crippen molar-refractivity contribution in [1.82, 2.24) is 0 Å². The Hall–Kier alpha value is -0.300. The molecule has 0 saturated carbocycles. The molecule has 1 unspecified atom stereocenters. The molecule has 0 bridgehead atoms. The monoisotopic (exact) mass is 294 g/mol. The SMILES string of the molecule is CCCCCCCCCCCCC1=CC(O)CC(C)(C)C1. The fourth-order valence-corrected chi connectivity index (χ4v) is 3.65. The molecular formula is C20H38O. The number of unbranched alkanes of at least 4 members (excludes halogenated alkanes) is 9. The first kappa shape index (κ1) is 18.7. The second-order valence-electron chi connectivity index (χ2n) is 7.87. The van der Waals surface area contributed by atoms with E-state index < -0.39 is 0 Å². The lowest BCUT2D eigenvalue weighted by Crippen LogP contribution is -2.24. The molecule has 0 aromatic carbocycles. The highest BCUT2D eigenvalue weighted by molar-refractivity contribution is 5.12. The average Bonchev–Trinajstić information content (AvgIpc) is 2.38. The fraction of sp³-hybridized carbons (Fsp3) is 0.900. The molecule has 1 aliphatic carbocycles. The number of aliphatic hydroxyl groups is 1. The molecule has 0 aromatic heterocycles. The van der Waals surface area contributed by atoms with Crippen molar-refractivity contribution in [1.29, 1.82) is 0 Å². The molecule has 21 heavy (non-hydrogen) atoms. The van der Waals surface area contributed by atoms with Gasteiger partial charge in [-0.2, -0.15) is 0 Å².